The molecule has 3 rings (SSSR count). The van der Waals surface area contributed by atoms with Crippen molar-refractivity contribution >= 4 is 5.91 Å². The van der Waals surface area contributed by atoms with Gasteiger partial charge in [0.25, 0.3) is 5.91 Å². The van der Waals surface area contributed by atoms with E-state index >= 15 is 0 Å². The maximum atomic E-state index is 12.9. The third-order valence-electron chi connectivity index (χ3n) is 5.21. The van der Waals surface area contributed by atoms with Crippen molar-refractivity contribution in [3.8, 4) is 11.8 Å². The van der Waals surface area contributed by atoms with E-state index in [1.807, 2.05) is 4.90 Å². The number of hydrogen-bond donors (Lipinski definition) is 0. The van der Waals surface area contributed by atoms with Gasteiger partial charge in [-0.25, -0.2) is 0 Å². The minimum atomic E-state index is -0.0519. The number of carbonyl (C=O) groups is 1. The number of aromatic nitrogens is 1. The Morgan fingerprint density at radius 3 is 2.76 bits per heavy atom. The average Bonchev–Trinajstić information content (AvgIpc) is 2.68. The van der Waals surface area contributed by atoms with Gasteiger partial charge in [0.2, 0.25) is 11.8 Å². The summed E-state index contributed by atoms with van der Waals surface area (Å²) in [5.41, 5.74) is 0.474. The molecule has 1 saturated carbocycles. The number of ether oxygens (including phenoxy) is 3. The predicted molar refractivity (Wildman–Crippen MR) is 94.2 cm³/mol. The number of carbonyl (C=O) groups excluding carboxylic acids is 1. The fraction of sp³-hybridized carbons (Fsp3) is 0.684. The number of amides is 1. The normalized spacial score (nSPS) is 21.8. The first-order valence-electron chi connectivity index (χ1n) is 9.21. The summed E-state index contributed by atoms with van der Waals surface area (Å²) in [6.07, 6.45) is 7.80. The zero-order chi connectivity index (χ0) is 17.6. The molecule has 6 nitrogen and oxygen atoms in total. The Morgan fingerprint density at radius 2 is 2.04 bits per heavy atom. The number of nitrogens with zero attached hydrogens (tertiary/aromatic N) is 2. The Balaban J connectivity index is 1.65. The highest BCUT2D eigenvalue weighted by Crippen LogP contribution is 2.29. The molecule has 1 saturated heterocycles. The first kappa shape index (κ1) is 18.0. The van der Waals surface area contributed by atoms with E-state index in [0.717, 1.165) is 12.3 Å². The molecule has 2 aliphatic rings. The Kier molecular flexibility index (Phi) is 6.13. The lowest BCUT2D eigenvalue weighted by molar-refractivity contribution is -0.0338. The number of methoxy groups -OCH3 is 2. The van der Waals surface area contributed by atoms with Crippen LogP contribution in [0.25, 0.3) is 0 Å². The molecule has 1 amide bonds. The summed E-state index contributed by atoms with van der Waals surface area (Å²) in [4.78, 5) is 19.0. The standard InChI is InChI=1S/C19H28N2O4/c1-23-17-9-8-16(18(20-17)24-2)19(22)21-10-11-25-15(13-21)12-14-6-4-3-5-7-14/h8-9,14-15H,3-7,10-13H2,1-2H3/t15-/m1/s1. The fourth-order valence-electron chi connectivity index (χ4n) is 3.87. The van der Waals surface area contributed by atoms with Gasteiger partial charge in [0, 0.05) is 19.2 Å². The van der Waals surface area contributed by atoms with Gasteiger partial charge in [-0.05, 0) is 18.4 Å². The molecule has 6 heteroatoms. The van der Waals surface area contributed by atoms with Gasteiger partial charge in [-0.2, -0.15) is 4.98 Å². The number of morpholine rings is 1. The van der Waals surface area contributed by atoms with Crippen molar-refractivity contribution in [3.63, 3.8) is 0 Å². The van der Waals surface area contributed by atoms with E-state index in [1.165, 1.54) is 39.2 Å². The molecule has 2 heterocycles. The van der Waals surface area contributed by atoms with Gasteiger partial charge < -0.3 is 19.1 Å². The Morgan fingerprint density at radius 1 is 1.24 bits per heavy atom. The average molecular weight is 348 g/mol. The van der Waals surface area contributed by atoms with Crippen molar-refractivity contribution in [2.45, 2.75) is 44.6 Å². The SMILES string of the molecule is COc1ccc(C(=O)N2CCO[C@H](CC3CCCCC3)C2)c(OC)n1. The number of pyridine rings is 1. The maximum Gasteiger partial charge on any atom is 0.259 e. The van der Waals surface area contributed by atoms with Crippen LogP contribution in [0.5, 0.6) is 11.8 Å². The molecule has 1 atom stereocenters. The summed E-state index contributed by atoms with van der Waals surface area (Å²) in [6.45, 7) is 1.84. The molecule has 1 aromatic rings. The first-order valence-corrected chi connectivity index (χ1v) is 9.21. The van der Waals surface area contributed by atoms with Crippen molar-refractivity contribution in [2.75, 3.05) is 33.9 Å². The second kappa shape index (κ2) is 8.52. The van der Waals surface area contributed by atoms with Crippen LogP contribution in [-0.4, -0.2) is 55.8 Å². The second-order valence-electron chi connectivity index (χ2n) is 6.89. The zero-order valence-electron chi connectivity index (χ0n) is 15.2. The van der Waals surface area contributed by atoms with Crippen molar-refractivity contribution < 1.29 is 19.0 Å². The molecule has 1 aliphatic heterocycles. The molecule has 0 radical (unpaired) electrons. The molecule has 0 aromatic carbocycles. The lowest BCUT2D eigenvalue weighted by Gasteiger charge is -2.35. The van der Waals surface area contributed by atoms with Crippen LogP contribution in [0, 0.1) is 5.92 Å². The molecule has 1 aromatic heterocycles. The van der Waals surface area contributed by atoms with Crippen LogP contribution in [0.1, 0.15) is 48.9 Å². The highest BCUT2D eigenvalue weighted by Gasteiger charge is 2.29. The predicted octanol–water partition coefficient (Wildman–Crippen LogP) is 2.91. The molecule has 0 N–H and O–H groups in total. The molecule has 2 fully saturated rings. The van der Waals surface area contributed by atoms with E-state index < -0.39 is 0 Å². The number of hydrogen-bond acceptors (Lipinski definition) is 5. The summed E-state index contributed by atoms with van der Waals surface area (Å²) < 4.78 is 16.3. The highest BCUT2D eigenvalue weighted by atomic mass is 16.5. The third-order valence-corrected chi connectivity index (χ3v) is 5.21. The quantitative estimate of drug-likeness (QED) is 0.819. The minimum Gasteiger partial charge on any atom is -0.481 e. The van der Waals surface area contributed by atoms with Gasteiger partial charge in [-0.3, -0.25) is 4.79 Å². The second-order valence-corrected chi connectivity index (χ2v) is 6.89. The summed E-state index contributed by atoms with van der Waals surface area (Å²) in [7, 11) is 3.06. The molecular formula is C19H28N2O4. The van der Waals surface area contributed by atoms with Gasteiger partial charge in [0.05, 0.1) is 26.9 Å². The molecule has 0 unspecified atom stereocenters. The topological polar surface area (TPSA) is 60.9 Å². The van der Waals surface area contributed by atoms with E-state index in [0.29, 0.717) is 37.0 Å². The van der Waals surface area contributed by atoms with E-state index in [4.69, 9.17) is 14.2 Å². The molecule has 0 bridgehead atoms. The molecular weight excluding hydrogens is 320 g/mol. The Bertz CT molecular complexity index is 587. The van der Waals surface area contributed by atoms with E-state index in [2.05, 4.69) is 4.98 Å². The first-order chi connectivity index (χ1) is 12.2. The van der Waals surface area contributed by atoms with Crippen molar-refractivity contribution in [1.82, 2.24) is 9.88 Å². The summed E-state index contributed by atoms with van der Waals surface area (Å²) >= 11 is 0. The maximum absolute atomic E-state index is 12.9. The van der Waals surface area contributed by atoms with Gasteiger partial charge in [0.15, 0.2) is 0 Å². The molecule has 138 valence electrons. The molecule has 0 spiro atoms. The highest BCUT2D eigenvalue weighted by molar-refractivity contribution is 5.96. The van der Waals surface area contributed by atoms with Crippen LogP contribution in [0.15, 0.2) is 12.1 Å². The monoisotopic (exact) mass is 348 g/mol. The summed E-state index contributed by atoms with van der Waals surface area (Å²) in [5, 5.41) is 0. The summed E-state index contributed by atoms with van der Waals surface area (Å²) in [5.74, 6) is 1.43. The van der Waals surface area contributed by atoms with Gasteiger partial charge in [-0.1, -0.05) is 32.1 Å². The fourth-order valence-corrected chi connectivity index (χ4v) is 3.87. The lowest BCUT2D eigenvalue weighted by Crippen LogP contribution is -2.46. The van der Waals surface area contributed by atoms with E-state index in [9.17, 15) is 4.79 Å². The largest absolute Gasteiger partial charge is 0.481 e. The van der Waals surface area contributed by atoms with Gasteiger partial charge in [0.1, 0.15) is 5.56 Å². The van der Waals surface area contributed by atoms with Crippen molar-refractivity contribution in [3.05, 3.63) is 17.7 Å². The Labute approximate surface area is 149 Å². The van der Waals surface area contributed by atoms with Crippen LogP contribution < -0.4 is 9.47 Å². The Hall–Kier alpha value is -1.82. The van der Waals surface area contributed by atoms with Crippen LogP contribution in [-0.2, 0) is 4.74 Å². The zero-order valence-corrected chi connectivity index (χ0v) is 15.2. The smallest absolute Gasteiger partial charge is 0.259 e. The van der Waals surface area contributed by atoms with Gasteiger partial charge in [-0.15, -0.1) is 0 Å². The molecule has 25 heavy (non-hydrogen) atoms. The van der Waals surface area contributed by atoms with E-state index in [-0.39, 0.29) is 12.0 Å². The van der Waals surface area contributed by atoms with Crippen LogP contribution in [0.2, 0.25) is 0 Å². The minimum absolute atomic E-state index is 0.0519. The van der Waals surface area contributed by atoms with Crippen LogP contribution >= 0.6 is 0 Å². The van der Waals surface area contributed by atoms with Gasteiger partial charge >= 0.3 is 0 Å². The number of rotatable bonds is 5. The third kappa shape index (κ3) is 4.42. The summed E-state index contributed by atoms with van der Waals surface area (Å²) in [6, 6.07) is 3.41. The lowest BCUT2D eigenvalue weighted by atomic mass is 9.85. The van der Waals surface area contributed by atoms with Crippen molar-refractivity contribution in [2.24, 2.45) is 5.92 Å². The molecule has 1 aliphatic carbocycles. The van der Waals surface area contributed by atoms with Crippen LogP contribution in [0.3, 0.4) is 0 Å². The van der Waals surface area contributed by atoms with E-state index in [1.54, 1.807) is 19.2 Å². The van der Waals surface area contributed by atoms with Crippen LogP contribution in [0.4, 0.5) is 0 Å². The van der Waals surface area contributed by atoms with Crippen molar-refractivity contribution in [1.29, 1.82) is 0 Å².